The SMILES string of the molecule is CCc1cc(C(=O)OC)c(Cc2ccccc2)n1CCc1ccc(OC)cc1. The maximum Gasteiger partial charge on any atom is 0.339 e. The fraction of sp³-hybridized carbons (Fsp3) is 0.292. The van der Waals surface area contributed by atoms with Crippen LogP contribution in [0, 0.1) is 0 Å². The zero-order chi connectivity index (χ0) is 19.9. The minimum absolute atomic E-state index is 0.274. The highest BCUT2D eigenvalue weighted by atomic mass is 16.5. The summed E-state index contributed by atoms with van der Waals surface area (Å²) in [5, 5.41) is 0. The number of hydrogen-bond acceptors (Lipinski definition) is 3. The lowest BCUT2D eigenvalue weighted by molar-refractivity contribution is 0.0599. The van der Waals surface area contributed by atoms with Gasteiger partial charge in [0.25, 0.3) is 0 Å². The Morgan fingerprint density at radius 2 is 1.68 bits per heavy atom. The normalized spacial score (nSPS) is 10.7. The highest BCUT2D eigenvalue weighted by Gasteiger charge is 2.20. The standard InChI is InChI=1S/C24H27NO3/c1-4-20-17-22(24(26)28-3)23(16-19-8-6-5-7-9-19)25(20)15-14-18-10-12-21(27-2)13-11-18/h5-13,17H,4,14-16H2,1-3H3. The van der Waals surface area contributed by atoms with Gasteiger partial charge in [0.05, 0.1) is 19.8 Å². The predicted octanol–water partition coefficient (Wildman–Crippen LogP) is 4.68. The molecule has 0 amide bonds. The zero-order valence-electron chi connectivity index (χ0n) is 16.8. The van der Waals surface area contributed by atoms with Gasteiger partial charge in [-0.15, -0.1) is 0 Å². The van der Waals surface area contributed by atoms with Gasteiger partial charge in [0.2, 0.25) is 0 Å². The quantitative estimate of drug-likeness (QED) is 0.535. The van der Waals surface area contributed by atoms with Crippen LogP contribution in [0.5, 0.6) is 5.75 Å². The summed E-state index contributed by atoms with van der Waals surface area (Å²) in [7, 11) is 3.11. The van der Waals surface area contributed by atoms with Crippen LogP contribution >= 0.6 is 0 Å². The molecule has 0 aliphatic rings. The maximum atomic E-state index is 12.4. The average Bonchev–Trinajstić information content (AvgIpc) is 3.10. The van der Waals surface area contributed by atoms with Gasteiger partial charge in [-0.05, 0) is 42.2 Å². The topological polar surface area (TPSA) is 40.5 Å². The van der Waals surface area contributed by atoms with Gasteiger partial charge >= 0.3 is 5.97 Å². The molecule has 1 heterocycles. The molecule has 1 aromatic heterocycles. The number of aryl methyl sites for hydroxylation is 2. The molecule has 4 nitrogen and oxygen atoms in total. The Morgan fingerprint density at radius 1 is 0.964 bits per heavy atom. The molecule has 4 heteroatoms. The molecule has 146 valence electrons. The van der Waals surface area contributed by atoms with Crippen molar-refractivity contribution in [2.75, 3.05) is 14.2 Å². The van der Waals surface area contributed by atoms with Crippen molar-refractivity contribution >= 4 is 5.97 Å². The predicted molar refractivity (Wildman–Crippen MR) is 111 cm³/mol. The average molecular weight is 377 g/mol. The summed E-state index contributed by atoms with van der Waals surface area (Å²) in [6.07, 6.45) is 2.45. The van der Waals surface area contributed by atoms with E-state index >= 15 is 0 Å². The summed E-state index contributed by atoms with van der Waals surface area (Å²) in [6, 6.07) is 20.4. The zero-order valence-corrected chi connectivity index (χ0v) is 16.8. The first-order valence-corrected chi connectivity index (χ1v) is 9.62. The molecule has 0 aliphatic heterocycles. The molecule has 28 heavy (non-hydrogen) atoms. The second kappa shape index (κ2) is 9.27. The maximum absolute atomic E-state index is 12.4. The Morgan fingerprint density at radius 3 is 2.29 bits per heavy atom. The number of aromatic nitrogens is 1. The second-order valence-corrected chi connectivity index (χ2v) is 6.75. The molecule has 0 saturated heterocycles. The number of hydrogen-bond donors (Lipinski definition) is 0. The third-order valence-corrected chi connectivity index (χ3v) is 5.06. The molecule has 3 rings (SSSR count). The third-order valence-electron chi connectivity index (χ3n) is 5.06. The van der Waals surface area contributed by atoms with Crippen molar-refractivity contribution in [1.82, 2.24) is 4.57 Å². The lowest BCUT2D eigenvalue weighted by Gasteiger charge is -2.14. The number of esters is 1. The number of nitrogens with zero attached hydrogens (tertiary/aromatic N) is 1. The lowest BCUT2D eigenvalue weighted by atomic mass is 10.1. The van der Waals surface area contributed by atoms with Crippen molar-refractivity contribution in [3.05, 3.63) is 88.7 Å². The van der Waals surface area contributed by atoms with Crippen molar-refractivity contribution in [2.45, 2.75) is 32.7 Å². The van der Waals surface area contributed by atoms with E-state index in [0.29, 0.717) is 12.0 Å². The van der Waals surface area contributed by atoms with Crippen molar-refractivity contribution in [2.24, 2.45) is 0 Å². The molecule has 0 radical (unpaired) electrons. The number of rotatable bonds is 8. The van der Waals surface area contributed by atoms with E-state index in [9.17, 15) is 4.79 Å². The molecule has 0 bridgehead atoms. The number of benzene rings is 2. The molecule has 0 atom stereocenters. The molecule has 0 fully saturated rings. The van der Waals surface area contributed by atoms with Crippen molar-refractivity contribution < 1.29 is 14.3 Å². The Balaban J connectivity index is 1.92. The van der Waals surface area contributed by atoms with Gasteiger partial charge in [-0.25, -0.2) is 4.79 Å². The summed E-state index contributed by atoms with van der Waals surface area (Å²) in [5.74, 6) is 0.584. The Bertz CT molecular complexity index is 911. The van der Waals surface area contributed by atoms with Crippen LogP contribution < -0.4 is 4.74 Å². The molecule has 2 aromatic carbocycles. The first kappa shape index (κ1) is 19.7. The van der Waals surface area contributed by atoms with Crippen LogP contribution in [-0.2, 0) is 30.5 Å². The van der Waals surface area contributed by atoms with Crippen molar-refractivity contribution in [3.8, 4) is 5.75 Å². The first-order valence-electron chi connectivity index (χ1n) is 9.62. The summed E-state index contributed by atoms with van der Waals surface area (Å²) >= 11 is 0. The fourth-order valence-corrected chi connectivity index (χ4v) is 3.52. The molecule has 0 aliphatic carbocycles. The molecular weight excluding hydrogens is 350 g/mol. The molecular formula is C24H27NO3. The fourth-order valence-electron chi connectivity index (χ4n) is 3.52. The van der Waals surface area contributed by atoms with Crippen LogP contribution in [0.3, 0.4) is 0 Å². The number of carbonyl (C=O) groups excluding carboxylic acids is 1. The van der Waals surface area contributed by atoms with E-state index in [1.807, 2.05) is 36.4 Å². The lowest BCUT2D eigenvalue weighted by Crippen LogP contribution is -2.12. The van der Waals surface area contributed by atoms with Gasteiger partial charge in [0.15, 0.2) is 0 Å². The van der Waals surface area contributed by atoms with Crippen LogP contribution in [0.25, 0.3) is 0 Å². The van der Waals surface area contributed by atoms with Crippen LogP contribution in [0.15, 0.2) is 60.7 Å². The van der Waals surface area contributed by atoms with Gasteiger partial charge in [0.1, 0.15) is 5.75 Å². The summed E-state index contributed by atoms with van der Waals surface area (Å²) in [4.78, 5) is 12.4. The Hall–Kier alpha value is -3.01. The number of ether oxygens (including phenoxy) is 2. The van der Waals surface area contributed by atoms with Gasteiger partial charge in [-0.1, -0.05) is 49.4 Å². The molecule has 3 aromatic rings. The van der Waals surface area contributed by atoms with E-state index in [1.165, 1.54) is 18.2 Å². The minimum Gasteiger partial charge on any atom is -0.497 e. The van der Waals surface area contributed by atoms with Crippen LogP contribution in [0.2, 0.25) is 0 Å². The van der Waals surface area contributed by atoms with Crippen LogP contribution in [-0.4, -0.2) is 24.8 Å². The minimum atomic E-state index is -0.274. The Labute approximate surface area is 166 Å². The first-order chi connectivity index (χ1) is 13.7. The van der Waals surface area contributed by atoms with E-state index in [2.05, 4.69) is 35.8 Å². The van der Waals surface area contributed by atoms with Crippen molar-refractivity contribution in [1.29, 1.82) is 0 Å². The van der Waals surface area contributed by atoms with Crippen LogP contribution in [0.4, 0.5) is 0 Å². The van der Waals surface area contributed by atoms with E-state index in [4.69, 9.17) is 9.47 Å². The van der Waals surface area contributed by atoms with Gasteiger partial charge in [0, 0.05) is 24.4 Å². The van der Waals surface area contributed by atoms with E-state index < -0.39 is 0 Å². The highest BCUT2D eigenvalue weighted by molar-refractivity contribution is 5.91. The van der Waals surface area contributed by atoms with Gasteiger partial charge in [-0.3, -0.25) is 0 Å². The molecule has 0 spiro atoms. The monoisotopic (exact) mass is 377 g/mol. The molecule has 0 N–H and O–H groups in total. The summed E-state index contributed by atoms with van der Waals surface area (Å²) < 4.78 is 12.6. The molecule has 0 saturated carbocycles. The number of carbonyl (C=O) groups is 1. The summed E-state index contributed by atoms with van der Waals surface area (Å²) in [5.41, 5.74) is 5.25. The van der Waals surface area contributed by atoms with Gasteiger partial charge in [-0.2, -0.15) is 0 Å². The summed E-state index contributed by atoms with van der Waals surface area (Å²) in [6.45, 7) is 2.93. The van der Waals surface area contributed by atoms with E-state index in [0.717, 1.165) is 36.5 Å². The number of methoxy groups -OCH3 is 2. The van der Waals surface area contributed by atoms with Crippen molar-refractivity contribution in [3.63, 3.8) is 0 Å². The Kier molecular flexibility index (Phi) is 6.53. The van der Waals surface area contributed by atoms with Crippen LogP contribution in [0.1, 0.15) is 39.8 Å². The molecule has 0 unspecified atom stereocenters. The highest BCUT2D eigenvalue weighted by Crippen LogP contribution is 2.23. The third kappa shape index (κ3) is 4.45. The van der Waals surface area contributed by atoms with Gasteiger partial charge < -0.3 is 14.0 Å². The largest absolute Gasteiger partial charge is 0.497 e. The second-order valence-electron chi connectivity index (χ2n) is 6.75. The smallest absolute Gasteiger partial charge is 0.339 e. The van der Waals surface area contributed by atoms with E-state index in [1.54, 1.807) is 7.11 Å². The van der Waals surface area contributed by atoms with E-state index in [-0.39, 0.29) is 5.97 Å².